The van der Waals surface area contributed by atoms with E-state index in [1.165, 1.54) is 19.2 Å². The molecule has 1 aliphatic carbocycles. The molecule has 3 heterocycles. The smallest absolute Gasteiger partial charge is 0.431 e. The van der Waals surface area contributed by atoms with Crippen LogP contribution in [0.3, 0.4) is 0 Å². The lowest BCUT2D eigenvalue weighted by Gasteiger charge is -2.31. The summed E-state index contributed by atoms with van der Waals surface area (Å²) in [6.07, 6.45) is 0.529. The van der Waals surface area contributed by atoms with Crippen molar-refractivity contribution < 1.29 is 22.6 Å². The number of H-pyrrole nitrogens is 1. The van der Waals surface area contributed by atoms with Crippen LogP contribution in [0.1, 0.15) is 30.0 Å². The van der Waals surface area contributed by atoms with Gasteiger partial charge in [-0.25, -0.2) is 15.0 Å². The predicted octanol–water partition coefficient (Wildman–Crippen LogP) is 4.65. The van der Waals surface area contributed by atoms with Gasteiger partial charge in [0.1, 0.15) is 36.1 Å². The van der Waals surface area contributed by atoms with Crippen LogP contribution in [-0.4, -0.2) is 40.5 Å². The van der Waals surface area contributed by atoms with Crippen LogP contribution in [0.5, 0.6) is 5.75 Å². The summed E-state index contributed by atoms with van der Waals surface area (Å²) in [5, 5.41) is 0.219. The third-order valence-electron chi connectivity index (χ3n) is 5.39. The average molecular weight is 416 g/mol. The number of halogens is 3. The standard InChI is InChI=1S/C21H19F3N4O2/c22-21(23,24)18-7-14-19(26-11-27-20(14)28-18)25-8-15-13-3-1-2-4-16(13)30-10-17(15)29-9-12-5-6-12/h1-4,7-8,11-12,15,17H,5-6,9-10H2,(H,26,27,28)/t15?,17-/m0/s1. The van der Waals surface area contributed by atoms with E-state index in [4.69, 9.17) is 9.47 Å². The van der Waals surface area contributed by atoms with Gasteiger partial charge in [-0.05, 0) is 30.9 Å². The zero-order valence-corrected chi connectivity index (χ0v) is 15.9. The fraction of sp³-hybridized carbons (Fsp3) is 0.381. The number of nitrogens with one attached hydrogen (secondary N) is 1. The van der Waals surface area contributed by atoms with E-state index in [0.717, 1.165) is 17.4 Å². The molecule has 1 unspecified atom stereocenters. The zero-order chi connectivity index (χ0) is 20.7. The number of aromatic nitrogens is 3. The van der Waals surface area contributed by atoms with Crippen molar-refractivity contribution in [3.63, 3.8) is 0 Å². The van der Waals surface area contributed by atoms with E-state index < -0.39 is 11.9 Å². The fourth-order valence-corrected chi connectivity index (χ4v) is 3.57. The first kappa shape index (κ1) is 19.0. The molecular weight excluding hydrogens is 397 g/mol. The summed E-state index contributed by atoms with van der Waals surface area (Å²) in [7, 11) is 0. The van der Waals surface area contributed by atoms with E-state index in [1.54, 1.807) is 6.21 Å². The lowest BCUT2D eigenvalue weighted by atomic mass is 9.91. The zero-order valence-electron chi connectivity index (χ0n) is 15.9. The SMILES string of the molecule is FC(F)(F)c1cc2c(N=CC3c4ccccc4OC[C@@H]3OCC3CC3)ncnc2[nH]1. The van der Waals surface area contributed by atoms with Crippen LogP contribution in [0.2, 0.25) is 0 Å². The van der Waals surface area contributed by atoms with Crippen LogP contribution >= 0.6 is 0 Å². The molecule has 1 saturated carbocycles. The molecule has 156 valence electrons. The van der Waals surface area contributed by atoms with E-state index in [2.05, 4.69) is 19.9 Å². The number of fused-ring (bicyclic) bond motifs is 2. The summed E-state index contributed by atoms with van der Waals surface area (Å²) in [5.74, 6) is 1.34. The van der Waals surface area contributed by atoms with E-state index in [0.29, 0.717) is 19.1 Å². The van der Waals surface area contributed by atoms with Gasteiger partial charge in [-0.2, -0.15) is 13.2 Å². The summed E-state index contributed by atoms with van der Waals surface area (Å²) in [6, 6.07) is 8.63. The first-order valence-corrected chi connectivity index (χ1v) is 9.77. The van der Waals surface area contributed by atoms with Crippen LogP contribution in [-0.2, 0) is 10.9 Å². The molecule has 30 heavy (non-hydrogen) atoms. The van der Waals surface area contributed by atoms with Crippen LogP contribution in [0.25, 0.3) is 11.0 Å². The van der Waals surface area contributed by atoms with Gasteiger partial charge in [0, 0.05) is 18.4 Å². The largest absolute Gasteiger partial charge is 0.491 e. The Morgan fingerprint density at radius 1 is 1.23 bits per heavy atom. The van der Waals surface area contributed by atoms with E-state index in [-0.39, 0.29) is 28.9 Å². The van der Waals surface area contributed by atoms with Gasteiger partial charge in [0.25, 0.3) is 0 Å². The summed E-state index contributed by atoms with van der Waals surface area (Å²) in [4.78, 5) is 14.7. The molecular formula is C21H19F3N4O2. The lowest BCUT2D eigenvalue weighted by Crippen LogP contribution is -2.34. The maximum Gasteiger partial charge on any atom is 0.431 e. The number of benzene rings is 1. The van der Waals surface area contributed by atoms with Gasteiger partial charge in [0.05, 0.1) is 11.3 Å². The Kier molecular flexibility index (Phi) is 4.69. The van der Waals surface area contributed by atoms with Crippen molar-refractivity contribution in [1.29, 1.82) is 0 Å². The average Bonchev–Trinajstić information content (AvgIpc) is 3.45. The highest BCUT2D eigenvalue weighted by atomic mass is 19.4. The third-order valence-corrected chi connectivity index (χ3v) is 5.39. The Balaban J connectivity index is 1.48. The third kappa shape index (κ3) is 3.77. The number of hydrogen-bond donors (Lipinski definition) is 1. The van der Waals surface area contributed by atoms with E-state index in [1.807, 2.05) is 24.3 Å². The first-order chi connectivity index (χ1) is 14.5. The molecule has 2 atom stereocenters. The molecule has 2 aliphatic rings. The number of alkyl halides is 3. The van der Waals surface area contributed by atoms with Crippen LogP contribution in [0, 0.1) is 5.92 Å². The second kappa shape index (κ2) is 7.39. The number of aliphatic imine (C=N–C) groups is 1. The minimum Gasteiger partial charge on any atom is -0.491 e. The lowest BCUT2D eigenvalue weighted by molar-refractivity contribution is -0.140. The van der Waals surface area contributed by atoms with Crippen LogP contribution in [0.15, 0.2) is 41.7 Å². The van der Waals surface area contributed by atoms with E-state index >= 15 is 0 Å². The quantitative estimate of drug-likeness (QED) is 0.615. The van der Waals surface area contributed by atoms with Crippen molar-refractivity contribution in [2.75, 3.05) is 13.2 Å². The Bertz CT molecular complexity index is 1090. The molecule has 6 nitrogen and oxygen atoms in total. The highest BCUT2D eigenvalue weighted by Gasteiger charge is 2.34. The molecule has 0 amide bonds. The molecule has 1 aromatic carbocycles. The molecule has 2 aromatic heterocycles. The Morgan fingerprint density at radius 2 is 2.07 bits per heavy atom. The molecule has 3 aromatic rings. The molecule has 1 fully saturated rings. The van der Waals surface area contributed by atoms with Crippen LogP contribution in [0.4, 0.5) is 19.0 Å². The minimum absolute atomic E-state index is 0.0957. The van der Waals surface area contributed by atoms with Crippen molar-refractivity contribution >= 4 is 23.1 Å². The summed E-state index contributed by atoms with van der Waals surface area (Å²) >= 11 is 0. The number of aromatic amines is 1. The number of para-hydroxylation sites is 1. The molecule has 1 aliphatic heterocycles. The number of ether oxygens (including phenoxy) is 2. The normalized spacial score (nSPS) is 21.7. The van der Waals surface area contributed by atoms with Gasteiger partial charge in [0.15, 0.2) is 5.82 Å². The van der Waals surface area contributed by atoms with Crippen molar-refractivity contribution in [3.05, 3.63) is 47.9 Å². The highest BCUT2D eigenvalue weighted by Crippen LogP contribution is 2.37. The van der Waals surface area contributed by atoms with Crippen molar-refractivity contribution in [3.8, 4) is 5.75 Å². The maximum atomic E-state index is 13.1. The van der Waals surface area contributed by atoms with Gasteiger partial charge >= 0.3 is 6.18 Å². The highest BCUT2D eigenvalue weighted by molar-refractivity contribution is 5.88. The maximum absolute atomic E-state index is 13.1. The molecule has 0 radical (unpaired) electrons. The van der Waals surface area contributed by atoms with E-state index in [9.17, 15) is 13.2 Å². The van der Waals surface area contributed by atoms with Gasteiger partial charge < -0.3 is 14.5 Å². The molecule has 1 N–H and O–H groups in total. The van der Waals surface area contributed by atoms with Crippen molar-refractivity contribution in [1.82, 2.24) is 15.0 Å². The van der Waals surface area contributed by atoms with Crippen molar-refractivity contribution in [2.24, 2.45) is 10.9 Å². The van der Waals surface area contributed by atoms with Crippen molar-refractivity contribution in [2.45, 2.75) is 31.0 Å². The van der Waals surface area contributed by atoms with Crippen LogP contribution < -0.4 is 4.74 Å². The first-order valence-electron chi connectivity index (χ1n) is 9.77. The summed E-state index contributed by atoms with van der Waals surface area (Å²) in [5.41, 5.74) is 0.151. The number of nitrogens with zero attached hydrogens (tertiary/aromatic N) is 3. The Labute approximate surface area is 170 Å². The predicted molar refractivity (Wildman–Crippen MR) is 104 cm³/mol. The Morgan fingerprint density at radius 3 is 2.87 bits per heavy atom. The monoisotopic (exact) mass is 416 g/mol. The fourth-order valence-electron chi connectivity index (χ4n) is 3.57. The van der Waals surface area contributed by atoms with Gasteiger partial charge in [-0.1, -0.05) is 18.2 Å². The topological polar surface area (TPSA) is 72.4 Å². The molecule has 5 rings (SSSR count). The second-order valence-corrected chi connectivity index (χ2v) is 7.61. The minimum atomic E-state index is -4.50. The van der Waals surface area contributed by atoms with Gasteiger partial charge in [0.2, 0.25) is 0 Å². The molecule has 9 heteroatoms. The number of rotatable bonds is 5. The molecule has 0 bridgehead atoms. The Hall–Kier alpha value is -2.94. The van der Waals surface area contributed by atoms with Gasteiger partial charge in [-0.15, -0.1) is 0 Å². The molecule has 0 saturated heterocycles. The van der Waals surface area contributed by atoms with Gasteiger partial charge in [-0.3, -0.25) is 0 Å². The molecule has 0 spiro atoms. The summed E-state index contributed by atoms with van der Waals surface area (Å²) < 4.78 is 51.1. The number of hydrogen-bond acceptors (Lipinski definition) is 5. The second-order valence-electron chi connectivity index (χ2n) is 7.61. The summed E-state index contributed by atoms with van der Waals surface area (Å²) in [6.45, 7) is 1.06.